The monoisotopic (exact) mass is 635 g/mol. The van der Waals surface area contributed by atoms with Gasteiger partial charge in [0.25, 0.3) is 0 Å². The zero-order chi connectivity index (χ0) is 31.6. The minimum atomic E-state index is -0.729. The van der Waals surface area contributed by atoms with E-state index in [0.717, 1.165) is 16.7 Å². The first kappa shape index (κ1) is 30.4. The molecule has 6 nitrogen and oxygen atoms in total. The molecule has 1 N–H and O–H groups in total. The first-order chi connectivity index (χ1) is 21.8. The molecule has 0 amide bonds. The van der Waals surface area contributed by atoms with E-state index in [1.165, 1.54) is 9.13 Å². The maximum atomic E-state index is 13.7. The van der Waals surface area contributed by atoms with E-state index in [4.69, 9.17) is 27.9 Å². The van der Waals surface area contributed by atoms with Crippen LogP contribution in [-0.4, -0.2) is 21.6 Å². The molecule has 0 spiro atoms. The molecule has 0 radical (unpaired) electrons. The smallest absolute Gasteiger partial charge is 0.333 e. The minimum absolute atomic E-state index is 0.260. The SMILES string of the molecule is C[C@@H](CNC(c1ccccc1)(c1ccccc1)c1ccccc1)C(=O)Oc1ccccc1-n1c(=O)n(C)c2cc(Cl)c(Cl)cc21. The van der Waals surface area contributed by atoms with Crippen LogP contribution in [0, 0.1) is 5.92 Å². The molecule has 0 fully saturated rings. The number of aryl methyl sites for hydroxylation is 1. The van der Waals surface area contributed by atoms with Gasteiger partial charge in [0, 0.05) is 13.6 Å². The number of benzene rings is 5. The van der Waals surface area contributed by atoms with E-state index in [1.54, 1.807) is 43.4 Å². The Balaban J connectivity index is 1.33. The van der Waals surface area contributed by atoms with Crippen LogP contribution in [0.4, 0.5) is 0 Å². The minimum Gasteiger partial charge on any atom is -0.424 e. The summed E-state index contributed by atoms with van der Waals surface area (Å²) in [6.07, 6.45) is 0. The summed E-state index contributed by atoms with van der Waals surface area (Å²) >= 11 is 12.6. The lowest BCUT2D eigenvalue weighted by molar-refractivity contribution is -0.138. The molecule has 5 aromatic carbocycles. The number of rotatable bonds is 9. The van der Waals surface area contributed by atoms with Gasteiger partial charge < -0.3 is 4.74 Å². The van der Waals surface area contributed by atoms with Crippen LogP contribution in [0.1, 0.15) is 23.6 Å². The van der Waals surface area contributed by atoms with Crippen molar-refractivity contribution in [2.45, 2.75) is 12.5 Å². The van der Waals surface area contributed by atoms with Gasteiger partial charge in [-0.1, -0.05) is 133 Å². The van der Waals surface area contributed by atoms with Gasteiger partial charge in [-0.3, -0.25) is 19.2 Å². The lowest BCUT2D eigenvalue weighted by Crippen LogP contribution is -2.47. The van der Waals surface area contributed by atoms with Crippen molar-refractivity contribution in [3.05, 3.63) is 165 Å². The molecule has 0 aliphatic heterocycles. The normalized spacial score (nSPS) is 12.3. The van der Waals surface area contributed by atoms with Crippen LogP contribution in [0.15, 0.2) is 132 Å². The zero-order valence-electron chi connectivity index (χ0n) is 24.8. The molecule has 1 heterocycles. The van der Waals surface area contributed by atoms with Crippen LogP contribution in [0.2, 0.25) is 10.0 Å². The number of hydrogen-bond acceptors (Lipinski definition) is 4. The number of nitrogens with one attached hydrogen (secondary N) is 1. The van der Waals surface area contributed by atoms with E-state index in [2.05, 4.69) is 41.7 Å². The summed E-state index contributed by atoms with van der Waals surface area (Å²) in [6, 6.07) is 40.9. The summed E-state index contributed by atoms with van der Waals surface area (Å²) in [4.78, 5) is 27.1. The number of nitrogens with zero attached hydrogens (tertiary/aromatic N) is 2. The molecule has 6 rings (SSSR count). The number of hydrogen-bond donors (Lipinski definition) is 1. The lowest BCUT2D eigenvalue weighted by atomic mass is 9.76. The maximum absolute atomic E-state index is 13.7. The molecule has 0 unspecified atom stereocenters. The summed E-state index contributed by atoms with van der Waals surface area (Å²) < 4.78 is 8.97. The Bertz CT molecular complexity index is 1930. The third kappa shape index (κ3) is 5.69. The van der Waals surface area contributed by atoms with Gasteiger partial charge in [-0.15, -0.1) is 0 Å². The predicted molar refractivity (Wildman–Crippen MR) is 181 cm³/mol. The summed E-state index contributed by atoms with van der Waals surface area (Å²) in [5.74, 6) is -0.728. The van der Waals surface area contributed by atoms with Crippen molar-refractivity contribution < 1.29 is 9.53 Å². The van der Waals surface area contributed by atoms with Crippen molar-refractivity contribution in [2.24, 2.45) is 13.0 Å². The van der Waals surface area contributed by atoms with Gasteiger partial charge in [0.15, 0.2) is 5.75 Å². The van der Waals surface area contributed by atoms with Crippen molar-refractivity contribution in [3.63, 3.8) is 0 Å². The summed E-state index contributed by atoms with van der Waals surface area (Å²) in [5.41, 5.74) is 3.66. The van der Waals surface area contributed by atoms with Gasteiger partial charge in [-0.05, 0) is 41.0 Å². The first-order valence-electron chi connectivity index (χ1n) is 14.6. The summed E-state index contributed by atoms with van der Waals surface area (Å²) in [7, 11) is 1.66. The van der Waals surface area contributed by atoms with E-state index >= 15 is 0 Å². The molecule has 45 heavy (non-hydrogen) atoms. The number of carbonyl (C=O) groups excluding carboxylic acids is 1. The zero-order valence-corrected chi connectivity index (χ0v) is 26.3. The highest BCUT2D eigenvalue weighted by Gasteiger charge is 2.37. The Morgan fingerprint density at radius 1 is 0.756 bits per heavy atom. The van der Waals surface area contributed by atoms with Crippen LogP contribution in [-0.2, 0) is 17.4 Å². The predicted octanol–water partition coefficient (Wildman–Crippen LogP) is 7.76. The second kappa shape index (κ2) is 12.8. The number of halogens is 2. The highest BCUT2D eigenvalue weighted by Crippen LogP contribution is 2.37. The molecule has 8 heteroatoms. The van der Waals surface area contributed by atoms with Gasteiger partial charge in [0.2, 0.25) is 0 Å². The molecule has 6 aromatic rings. The number of imidazole rings is 1. The third-order valence-corrected chi connectivity index (χ3v) is 8.83. The Morgan fingerprint density at radius 3 is 1.76 bits per heavy atom. The molecule has 1 aromatic heterocycles. The second-order valence-corrected chi connectivity index (χ2v) is 11.8. The van der Waals surface area contributed by atoms with Crippen molar-refractivity contribution in [1.82, 2.24) is 14.5 Å². The largest absolute Gasteiger partial charge is 0.424 e. The molecule has 0 aliphatic rings. The van der Waals surface area contributed by atoms with E-state index in [-0.39, 0.29) is 11.4 Å². The molecular weight excluding hydrogens is 605 g/mol. The van der Waals surface area contributed by atoms with E-state index < -0.39 is 17.4 Å². The Morgan fingerprint density at radius 2 is 1.22 bits per heavy atom. The van der Waals surface area contributed by atoms with Crippen molar-refractivity contribution in [3.8, 4) is 11.4 Å². The lowest BCUT2D eigenvalue weighted by Gasteiger charge is -2.37. The average Bonchev–Trinajstić information content (AvgIpc) is 3.31. The number of aromatic nitrogens is 2. The standard InChI is InChI=1S/C37H31Cl2N3O3/c1-25(24-40-37(26-14-6-3-7-15-26,27-16-8-4-9-17-27)28-18-10-5-11-19-28)35(43)45-34-21-13-12-20-31(34)42-33-23-30(39)29(38)22-32(33)41(2)36(42)44/h3-23,25,40H,24H2,1-2H3/t25-/m0/s1. The fraction of sp³-hybridized carbons (Fsp3) is 0.135. The molecule has 0 aliphatic carbocycles. The van der Waals surface area contributed by atoms with Gasteiger partial charge >= 0.3 is 11.7 Å². The Hall–Kier alpha value is -4.62. The van der Waals surface area contributed by atoms with Crippen molar-refractivity contribution >= 4 is 40.2 Å². The molecule has 0 saturated carbocycles. The van der Waals surface area contributed by atoms with Gasteiger partial charge in [0.1, 0.15) is 0 Å². The Labute approximate surface area is 271 Å². The number of fused-ring (bicyclic) bond motifs is 1. The number of carbonyl (C=O) groups is 1. The van der Waals surface area contributed by atoms with Crippen LogP contribution >= 0.6 is 23.2 Å². The molecule has 0 bridgehead atoms. The number of para-hydroxylation sites is 2. The van der Waals surface area contributed by atoms with Crippen LogP contribution < -0.4 is 15.7 Å². The number of esters is 1. The van der Waals surface area contributed by atoms with E-state index in [0.29, 0.717) is 33.3 Å². The van der Waals surface area contributed by atoms with Crippen LogP contribution in [0.25, 0.3) is 16.7 Å². The highest BCUT2D eigenvalue weighted by atomic mass is 35.5. The van der Waals surface area contributed by atoms with Crippen molar-refractivity contribution in [2.75, 3.05) is 6.54 Å². The van der Waals surface area contributed by atoms with E-state index in [1.807, 2.05) is 61.5 Å². The maximum Gasteiger partial charge on any atom is 0.333 e. The first-order valence-corrected chi connectivity index (χ1v) is 15.4. The molecule has 1 atom stereocenters. The second-order valence-electron chi connectivity index (χ2n) is 11.0. The topological polar surface area (TPSA) is 65.3 Å². The van der Waals surface area contributed by atoms with E-state index in [9.17, 15) is 9.59 Å². The highest BCUT2D eigenvalue weighted by molar-refractivity contribution is 6.42. The van der Waals surface area contributed by atoms with Gasteiger partial charge in [-0.25, -0.2) is 4.79 Å². The quantitative estimate of drug-likeness (QED) is 0.100. The van der Waals surface area contributed by atoms with Gasteiger partial charge in [0.05, 0.1) is 38.2 Å². The Kier molecular flexibility index (Phi) is 8.63. The molecule has 226 valence electrons. The van der Waals surface area contributed by atoms with Gasteiger partial charge in [-0.2, -0.15) is 0 Å². The summed E-state index contributed by atoms with van der Waals surface area (Å²) in [5, 5.41) is 4.42. The van der Waals surface area contributed by atoms with Crippen LogP contribution in [0.5, 0.6) is 5.75 Å². The van der Waals surface area contributed by atoms with Crippen LogP contribution in [0.3, 0.4) is 0 Å². The molecule has 0 saturated heterocycles. The fourth-order valence-corrected chi connectivity index (χ4v) is 6.08. The van der Waals surface area contributed by atoms with Crippen molar-refractivity contribution in [1.29, 1.82) is 0 Å². The molecular formula is C37H31Cl2N3O3. The summed E-state index contributed by atoms with van der Waals surface area (Å²) in [6.45, 7) is 2.14. The third-order valence-electron chi connectivity index (χ3n) is 8.11. The average molecular weight is 637 g/mol. The number of ether oxygens (including phenoxy) is 1. The fourth-order valence-electron chi connectivity index (χ4n) is 5.76.